The molecule has 0 radical (unpaired) electrons. The van der Waals surface area contributed by atoms with Crippen LogP contribution in [-0.2, 0) is 4.79 Å². The Kier molecular flexibility index (Phi) is 2.22. The predicted octanol–water partition coefficient (Wildman–Crippen LogP) is -0.406. The normalized spacial score (nSPS) is 12.9. The lowest BCUT2D eigenvalue weighted by Gasteiger charge is -1.93. The Bertz CT molecular complexity index is 89.7. The molecule has 1 atom stereocenters. The summed E-state index contributed by atoms with van der Waals surface area (Å²) < 4.78 is 0. The van der Waals surface area contributed by atoms with Gasteiger partial charge in [0, 0.05) is 0 Å². The van der Waals surface area contributed by atoms with Gasteiger partial charge in [0.15, 0.2) is 5.78 Å². The van der Waals surface area contributed by atoms with Crippen LogP contribution in [0.3, 0.4) is 0 Å². The average molecular weight is 101 g/mol. The van der Waals surface area contributed by atoms with E-state index in [1.165, 1.54) is 6.92 Å². The Labute approximate surface area is 41.7 Å². The molecule has 0 amide bonds. The summed E-state index contributed by atoms with van der Waals surface area (Å²) in [6, 6.07) is 0. The van der Waals surface area contributed by atoms with Crippen LogP contribution in [0.2, 0.25) is 0 Å². The van der Waals surface area contributed by atoms with Crippen LogP contribution in [0.4, 0.5) is 0 Å². The third kappa shape index (κ3) is 2.05. The molecule has 0 aliphatic rings. The topological polar surface area (TPSA) is 49.7 Å². The van der Waals surface area contributed by atoms with Gasteiger partial charge < -0.3 is 5.11 Å². The van der Waals surface area contributed by atoms with E-state index in [0.29, 0.717) is 0 Å². The van der Waals surface area contributed by atoms with Crippen molar-refractivity contribution in [3.8, 4) is 0 Å². The number of nitrogens with zero attached hydrogens (tertiary/aromatic N) is 1. The fourth-order valence-electron chi connectivity index (χ4n) is 0.129. The molecule has 0 rings (SSSR count). The molecule has 0 saturated heterocycles. The molecular formula is C4H7NO2. The van der Waals surface area contributed by atoms with Crippen molar-refractivity contribution in [2.75, 3.05) is 0 Å². The Morgan fingerprint density at radius 1 is 2.00 bits per heavy atom. The van der Waals surface area contributed by atoms with Crippen LogP contribution in [-0.4, -0.2) is 23.8 Å². The summed E-state index contributed by atoms with van der Waals surface area (Å²) in [5.41, 5.74) is 0. The lowest BCUT2D eigenvalue weighted by atomic mass is 10.4. The van der Waals surface area contributed by atoms with Crippen molar-refractivity contribution in [3.05, 3.63) is 0 Å². The highest BCUT2D eigenvalue weighted by Crippen LogP contribution is 1.81. The van der Waals surface area contributed by atoms with E-state index in [2.05, 4.69) is 11.7 Å². The number of aliphatic hydroxyl groups excluding tert-OH is 1. The first kappa shape index (κ1) is 6.30. The van der Waals surface area contributed by atoms with Crippen molar-refractivity contribution in [1.82, 2.24) is 0 Å². The van der Waals surface area contributed by atoms with Gasteiger partial charge in [-0.05, 0) is 13.6 Å². The number of aliphatic hydroxyl groups is 1. The van der Waals surface area contributed by atoms with E-state index in [4.69, 9.17) is 5.11 Å². The van der Waals surface area contributed by atoms with E-state index in [9.17, 15) is 4.79 Å². The quantitative estimate of drug-likeness (QED) is 0.481. The zero-order valence-corrected chi connectivity index (χ0v) is 4.09. The summed E-state index contributed by atoms with van der Waals surface area (Å²) in [4.78, 5) is 13.0. The van der Waals surface area contributed by atoms with Crippen LogP contribution >= 0.6 is 0 Å². The molecule has 3 heteroatoms. The lowest BCUT2D eigenvalue weighted by Crippen LogP contribution is -2.12. The Morgan fingerprint density at radius 3 is 2.43 bits per heavy atom. The van der Waals surface area contributed by atoms with E-state index < -0.39 is 6.23 Å². The predicted molar refractivity (Wildman–Crippen MR) is 26.2 cm³/mol. The first-order chi connectivity index (χ1) is 3.18. The molecule has 0 aliphatic carbocycles. The van der Waals surface area contributed by atoms with Gasteiger partial charge in [0.05, 0.1) is 0 Å². The Balaban J connectivity index is 3.55. The Hall–Kier alpha value is -0.700. The molecule has 0 aromatic heterocycles. The Morgan fingerprint density at radius 2 is 2.43 bits per heavy atom. The van der Waals surface area contributed by atoms with Gasteiger partial charge in [-0.2, -0.15) is 0 Å². The summed E-state index contributed by atoms with van der Waals surface area (Å²) in [5, 5.41) is 8.36. The molecule has 0 aliphatic heterocycles. The molecule has 3 nitrogen and oxygen atoms in total. The highest BCUT2D eigenvalue weighted by Gasteiger charge is 2.01. The largest absolute Gasteiger partial charge is 0.366 e. The minimum Gasteiger partial charge on any atom is -0.366 e. The number of hydrogen-bond donors (Lipinski definition) is 1. The van der Waals surface area contributed by atoms with Crippen molar-refractivity contribution in [3.63, 3.8) is 0 Å². The van der Waals surface area contributed by atoms with Crippen LogP contribution < -0.4 is 0 Å². The molecule has 0 aromatic carbocycles. The van der Waals surface area contributed by atoms with Gasteiger partial charge in [0.25, 0.3) is 0 Å². The summed E-state index contributed by atoms with van der Waals surface area (Å²) in [7, 11) is 0. The second-order valence-electron chi connectivity index (χ2n) is 1.17. The summed E-state index contributed by atoms with van der Waals surface area (Å²) in [5.74, 6) is -0.380. The molecule has 0 spiro atoms. The maximum absolute atomic E-state index is 9.99. The highest BCUT2D eigenvalue weighted by molar-refractivity contribution is 5.80. The molecule has 0 aromatic rings. The molecule has 1 unspecified atom stereocenters. The number of carbonyl (C=O) groups excluding carboxylic acids is 1. The fraction of sp³-hybridized carbons (Fsp3) is 0.500. The van der Waals surface area contributed by atoms with Gasteiger partial charge in [0.2, 0.25) is 6.23 Å². The smallest absolute Gasteiger partial charge is 0.203 e. The van der Waals surface area contributed by atoms with E-state index in [0.717, 1.165) is 0 Å². The van der Waals surface area contributed by atoms with E-state index in [1.807, 2.05) is 0 Å². The van der Waals surface area contributed by atoms with E-state index >= 15 is 0 Å². The highest BCUT2D eigenvalue weighted by atomic mass is 16.3. The second kappa shape index (κ2) is 2.47. The van der Waals surface area contributed by atoms with Crippen molar-refractivity contribution >= 4 is 12.5 Å². The van der Waals surface area contributed by atoms with Crippen molar-refractivity contribution in [1.29, 1.82) is 0 Å². The van der Waals surface area contributed by atoms with Crippen LogP contribution in [0.25, 0.3) is 0 Å². The molecule has 1 N–H and O–H groups in total. The first-order valence-corrected chi connectivity index (χ1v) is 1.83. The van der Waals surface area contributed by atoms with Gasteiger partial charge in [-0.3, -0.25) is 9.79 Å². The molecule has 0 bridgehead atoms. The molecule has 0 saturated carbocycles. The number of carbonyl (C=O) groups is 1. The van der Waals surface area contributed by atoms with Crippen molar-refractivity contribution < 1.29 is 9.90 Å². The zero-order valence-electron chi connectivity index (χ0n) is 4.09. The molecule has 7 heavy (non-hydrogen) atoms. The molecule has 40 valence electrons. The third-order valence-corrected chi connectivity index (χ3v) is 0.537. The van der Waals surface area contributed by atoms with Crippen LogP contribution in [0.15, 0.2) is 4.99 Å². The number of Topliss-reactive ketones (excluding diaryl/α,β-unsaturated/α-hetero) is 1. The standard InChI is InChI=1S/C4H7NO2/c1-3(6)4(7)5-2/h4,7H,2H2,1H3. The third-order valence-electron chi connectivity index (χ3n) is 0.537. The number of ketones is 1. The number of hydrogen-bond acceptors (Lipinski definition) is 3. The van der Waals surface area contributed by atoms with Crippen LogP contribution in [0.5, 0.6) is 0 Å². The van der Waals surface area contributed by atoms with Crippen molar-refractivity contribution in [2.45, 2.75) is 13.2 Å². The molecular weight excluding hydrogens is 94.0 g/mol. The minimum atomic E-state index is -1.22. The number of aliphatic imine (C=N–C) groups is 1. The first-order valence-electron chi connectivity index (χ1n) is 1.83. The summed E-state index contributed by atoms with van der Waals surface area (Å²) in [6.07, 6.45) is -1.22. The SMILES string of the molecule is C=NC(O)C(C)=O. The van der Waals surface area contributed by atoms with Crippen molar-refractivity contribution in [2.24, 2.45) is 4.99 Å². The average Bonchev–Trinajstić information content (AvgIpc) is 1.65. The second-order valence-corrected chi connectivity index (χ2v) is 1.17. The van der Waals surface area contributed by atoms with Gasteiger partial charge in [0.1, 0.15) is 0 Å². The zero-order chi connectivity index (χ0) is 5.86. The van der Waals surface area contributed by atoms with E-state index in [-0.39, 0.29) is 5.78 Å². The monoisotopic (exact) mass is 101 g/mol. The van der Waals surface area contributed by atoms with Crippen LogP contribution in [0.1, 0.15) is 6.92 Å². The molecule has 0 fully saturated rings. The minimum absolute atomic E-state index is 0.380. The maximum Gasteiger partial charge on any atom is 0.203 e. The fourth-order valence-corrected chi connectivity index (χ4v) is 0.129. The van der Waals surface area contributed by atoms with Gasteiger partial charge in [-0.15, -0.1) is 0 Å². The van der Waals surface area contributed by atoms with Gasteiger partial charge in [-0.25, -0.2) is 0 Å². The lowest BCUT2D eigenvalue weighted by molar-refractivity contribution is -0.124. The summed E-state index contributed by atoms with van der Waals surface area (Å²) >= 11 is 0. The van der Waals surface area contributed by atoms with Gasteiger partial charge in [-0.1, -0.05) is 0 Å². The van der Waals surface area contributed by atoms with Gasteiger partial charge >= 0.3 is 0 Å². The molecule has 0 heterocycles. The number of rotatable bonds is 2. The van der Waals surface area contributed by atoms with Crippen LogP contribution in [0, 0.1) is 0 Å². The van der Waals surface area contributed by atoms with E-state index in [1.54, 1.807) is 0 Å². The maximum atomic E-state index is 9.99. The summed E-state index contributed by atoms with van der Waals surface area (Å²) in [6.45, 7) is 4.21.